The number of rotatable bonds is 1. The fraction of sp³-hybridized carbons (Fsp3) is 0.0370. The van der Waals surface area contributed by atoms with Crippen LogP contribution in [-0.4, -0.2) is 10.2 Å². The Hall–Kier alpha value is -4.16. The monoisotopic (exact) mass is 388 g/mol. The third-order valence-corrected chi connectivity index (χ3v) is 5.79. The minimum atomic E-state index is -0.130. The van der Waals surface area contributed by atoms with Crippen molar-refractivity contribution < 1.29 is 14.9 Å². The van der Waals surface area contributed by atoms with Crippen molar-refractivity contribution >= 4 is 21.5 Å². The highest BCUT2D eigenvalue weighted by Crippen LogP contribution is 2.52. The Bertz CT molecular complexity index is 1350. The second kappa shape index (κ2) is 6.17. The van der Waals surface area contributed by atoms with Crippen molar-refractivity contribution in [3.05, 3.63) is 108 Å². The number of phenolic OH excluding ortho intramolecular Hbond substituents is 1. The van der Waals surface area contributed by atoms with E-state index in [-0.39, 0.29) is 17.4 Å². The molecule has 0 saturated carbocycles. The molecule has 5 aromatic carbocycles. The van der Waals surface area contributed by atoms with E-state index in [1.807, 2.05) is 48.5 Å². The SMILES string of the molecule is Oc1c#cc2ccc3c(c2c1)C(c1ccccc1)c1c(ccc2ccc(O)cc12)O3. The van der Waals surface area contributed by atoms with Crippen molar-refractivity contribution in [1.29, 1.82) is 0 Å². The molecule has 1 unspecified atom stereocenters. The Kier molecular flexibility index (Phi) is 3.45. The summed E-state index contributed by atoms with van der Waals surface area (Å²) < 4.78 is 6.34. The summed E-state index contributed by atoms with van der Waals surface area (Å²) >= 11 is 0. The number of benzene rings is 4. The molecule has 0 amide bonds. The molecule has 0 saturated heterocycles. The fourth-order valence-corrected chi connectivity index (χ4v) is 4.51. The first-order valence-corrected chi connectivity index (χ1v) is 9.77. The van der Waals surface area contributed by atoms with Gasteiger partial charge >= 0.3 is 0 Å². The molecule has 30 heavy (non-hydrogen) atoms. The summed E-state index contributed by atoms with van der Waals surface area (Å²) in [6.45, 7) is 0. The summed E-state index contributed by atoms with van der Waals surface area (Å²) in [5.74, 6) is 1.65. The lowest BCUT2D eigenvalue weighted by Gasteiger charge is -2.31. The van der Waals surface area contributed by atoms with Crippen LogP contribution in [0.3, 0.4) is 0 Å². The van der Waals surface area contributed by atoms with Crippen LogP contribution in [0.1, 0.15) is 22.6 Å². The summed E-state index contributed by atoms with van der Waals surface area (Å²) in [4.78, 5) is 0. The standard InChI is InChI=1S/C27H16O3/c28-19-10-6-16-8-12-23-26(21(16)14-19)25(18-4-2-1-3-5-18)27-22-15-20(29)11-7-17(22)9-13-24(27)30-23/h1-6,8-10,12-15,25,28-29H. The van der Waals surface area contributed by atoms with Gasteiger partial charge < -0.3 is 14.9 Å². The van der Waals surface area contributed by atoms with Gasteiger partial charge in [-0.2, -0.15) is 0 Å². The van der Waals surface area contributed by atoms with Gasteiger partial charge in [0.25, 0.3) is 0 Å². The fourth-order valence-electron chi connectivity index (χ4n) is 4.51. The van der Waals surface area contributed by atoms with Crippen LogP contribution in [0.4, 0.5) is 0 Å². The Morgan fingerprint density at radius 3 is 2.27 bits per heavy atom. The van der Waals surface area contributed by atoms with E-state index >= 15 is 0 Å². The Balaban J connectivity index is 1.77. The molecule has 0 fully saturated rings. The third kappa shape index (κ3) is 2.41. The van der Waals surface area contributed by atoms with Gasteiger partial charge in [-0.3, -0.25) is 0 Å². The van der Waals surface area contributed by atoms with Crippen molar-refractivity contribution in [3.63, 3.8) is 0 Å². The molecule has 0 aromatic heterocycles. The minimum Gasteiger partial charge on any atom is -0.508 e. The molecule has 5 aromatic rings. The van der Waals surface area contributed by atoms with Crippen LogP contribution in [0.25, 0.3) is 21.5 Å². The van der Waals surface area contributed by atoms with Gasteiger partial charge in [0, 0.05) is 27.8 Å². The van der Waals surface area contributed by atoms with Gasteiger partial charge in [-0.15, -0.1) is 0 Å². The molecule has 3 heteroatoms. The van der Waals surface area contributed by atoms with Crippen LogP contribution >= 0.6 is 0 Å². The largest absolute Gasteiger partial charge is 0.508 e. The summed E-state index contributed by atoms with van der Waals surface area (Å²) in [6, 6.07) is 31.0. The molecule has 2 N–H and O–H groups in total. The molecule has 6 rings (SSSR count). The number of hydrogen-bond donors (Lipinski definition) is 2. The van der Waals surface area contributed by atoms with Gasteiger partial charge in [-0.25, -0.2) is 0 Å². The Morgan fingerprint density at radius 2 is 1.43 bits per heavy atom. The topological polar surface area (TPSA) is 49.7 Å². The van der Waals surface area contributed by atoms with E-state index in [4.69, 9.17) is 4.74 Å². The van der Waals surface area contributed by atoms with Gasteiger partial charge in [0.15, 0.2) is 5.75 Å². The van der Waals surface area contributed by atoms with Crippen molar-refractivity contribution in [3.8, 4) is 23.0 Å². The zero-order chi connectivity index (χ0) is 20.2. The highest BCUT2D eigenvalue weighted by atomic mass is 16.5. The molecule has 0 bridgehead atoms. The lowest BCUT2D eigenvalue weighted by atomic mass is 9.78. The van der Waals surface area contributed by atoms with Gasteiger partial charge in [0.1, 0.15) is 17.2 Å². The van der Waals surface area contributed by atoms with Crippen LogP contribution in [0, 0.1) is 12.1 Å². The van der Waals surface area contributed by atoms with Crippen LogP contribution in [0.15, 0.2) is 78.9 Å². The van der Waals surface area contributed by atoms with Gasteiger partial charge in [-0.1, -0.05) is 48.5 Å². The van der Waals surface area contributed by atoms with Crippen LogP contribution in [0.5, 0.6) is 23.0 Å². The van der Waals surface area contributed by atoms with E-state index in [2.05, 4.69) is 24.3 Å². The lowest BCUT2D eigenvalue weighted by Crippen LogP contribution is -2.13. The van der Waals surface area contributed by atoms with E-state index < -0.39 is 0 Å². The minimum absolute atomic E-state index is 0.0454. The first-order chi connectivity index (χ1) is 14.7. The van der Waals surface area contributed by atoms with E-state index in [0.717, 1.165) is 49.7 Å². The van der Waals surface area contributed by atoms with Gasteiger partial charge in [0.2, 0.25) is 0 Å². The van der Waals surface area contributed by atoms with Crippen molar-refractivity contribution in [2.75, 3.05) is 0 Å². The molecule has 0 radical (unpaired) electrons. The summed E-state index contributed by atoms with van der Waals surface area (Å²) in [5.41, 5.74) is 3.09. The third-order valence-electron chi connectivity index (χ3n) is 5.79. The summed E-state index contributed by atoms with van der Waals surface area (Å²) in [6.07, 6.45) is 0. The van der Waals surface area contributed by atoms with Crippen molar-refractivity contribution in [2.45, 2.75) is 5.92 Å². The lowest BCUT2D eigenvalue weighted by molar-refractivity contribution is 0.455. The molecular formula is C27H16O3. The maximum Gasteiger partial charge on any atom is 0.168 e. The van der Waals surface area contributed by atoms with E-state index in [0.29, 0.717) is 0 Å². The normalized spacial score (nSPS) is 12.8. The van der Waals surface area contributed by atoms with Crippen molar-refractivity contribution in [1.82, 2.24) is 0 Å². The van der Waals surface area contributed by atoms with E-state index in [1.54, 1.807) is 18.2 Å². The first-order valence-electron chi connectivity index (χ1n) is 9.77. The summed E-state index contributed by atoms with van der Waals surface area (Å²) in [7, 11) is 0. The van der Waals surface area contributed by atoms with Crippen LogP contribution in [0.2, 0.25) is 0 Å². The number of phenols is 1. The molecule has 142 valence electrons. The Labute approximate surface area is 173 Å². The second-order valence-corrected chi connectivity index (χ2v) is 7.55. The molecule has 0 spiro atoms. The maximum atomic E-state index is 10.2. The van der Waals surface area contributed by atoms with Crippen LogP contribution in [-0.2, 0) is 0 Å². The average Bonchev–Trinajstić information content (AvgIpc) is 2.77. The van der Waals surface area contributed by atoms with E-state index in [1.165, 1.54) is 0 Å². The quantitative estimate of drug-likeness (QED) is 0.348. The smallest absolute Gasteiger partial charge is 0.168 e. The second-order valence-electron chi connectivity index (χ2n) is 7.55. The zero-order valence-corrected chi connectivity index (χ0v) is 15.9. The number of ether oxygens (including phenoxy) is 1. The molecule has 1 atom stereocenters. The first kappa shape index (κ1) is 16.8. The summed E-state index contributed by atoms with van der Waals surface area (Å²) in [5, 5.41) is 24.1. The number of aromatic hydroxyl groups is 2. The number of fused-ring (bicyclic) bond motifs is 6. The highest BCUT2D eigenvalue weighted by molar-refractivity contribution is 5.95. The van der Waals surface area contributed by atoms with Crippen molar-refractivity contribution in [2.24, 2.45) is 0 Å². The molecule has 3 nitrogen and oxygen atoms in total. The van der Waals surface area contributed by atoms with Crippen LogP contribution < -0.4 is 4.74 Å². The Morgan fingerprint density at radius 1 is 0.700 bits per heavy atom. The van der Waals surface area contributed by atoms with Gasteiger partial charge in [0.05, 0.1) is 0 Å². The molecule has 1 heterocycles. The predicted molar refractivity (Wildman–Crippen MR) is 116 cm³/mol. The molecule has 1 aliphatic rings. The molecule has 0 aliphatic carbocycles. The maximum absolute atomic E-state index is 10.2. The molecule has 1 aliphatic heterocycles. The van der Waals surface area contributed by atoms with E-state index in [9.17, 15) is 10.2 Å². The predicted octanol–water partition coefficient (Wildman–Crippen LogP) is 6.29. The zero-order valence-electron chi connectivity index (χ0n) is 15.9. The molecular weight excluding hydrogens is 372 g/mol. The van der Waals surface area contributed by atoms with Gasteiger partial charge in [-0.05, 0) is 58.8 Å². The average molecular weight is 388 g/mol. The highest BCUT2D eigenvalue weighted by Gasteiger charge is 2.32. The number of hydrogen-bond acceptors (Lipinski definition) is 3.